The summed E-state index contributed by atoms with van der Waals surface area (Å²) >= 11 is 0. The number of amides is 1. The van der Waals surface area contributed by atoms with Crippen LogP contribution in [-0.4, -0.2) is 34.6 Å². The summed E-state index contributed by atoms with van der Waals surface area (Å²) in [6.07, 6.45) is 1.47. The minimum atomic E-state index is -1.07. The van der Waals surface area contributed by atoms with E-state index in [4.69, 9.17) is 15.3 Å². The highest BCUT2D eigenvalue weighted by Gasteiger charge is 2.32. The van der Waals surface area contributed by atoms with Gasteiger partial charge in [-0.1, -0.05) is 6.07 Å². The maximum Gasteiger partial charge on any atom is 0.338 e. The molecule has 7 nitrogen and oxygen atoms in total. The molecule has 2 heterocycles. The van der Waals surface area contributed by atoms with Crippen LogP contribution in [0.2, 0.25) is 0 Å². The number of carbonyl (C=O) groups is 2. The smallest absolute Gasteiger partial charge is 0.338 e. The Bertz CT molecular complexity index is 694. The first-order chi connectivity index (χ1) is 9.58. The Labute approximate surface area is 114 Å². The summed E-state index contributed by atoms with van der Waals surface area (Å²) in [5.74, 6) is -1.49. The molecule has 7 heteroatoms. The first-order valence-corrected chi connectivity index (χ1v) is 6.26. The minimum absolute atomic E-state index is 0.0762. The van der Waals surface area contributed by atoms with Gasteiger partial charge in [0.1, 0.15) is 11.6 Å². The van der Waals surface area contributed by atoms with E-state index in [1.54, 1.807) is 17.0 Å². The second kappa shape index (κ2) is 4.52. The molecular formula is C13H13N3O4. The van der Waals surface area contributed by atoms with Gasteiger partial charge in [-0.25, -0.2) is 4.79 Å². The van der Waals surface area contributed by atoms with Gasteiger partial charge in [0.05, 0.1) is 5.56 Å². The highest BCUT2D eigenvalue weighted by Crippen LogP contribution is 2.29. The van der Waals surface area contributed by atoms with Gasteiger partial charge in [0, 0.05) is 6.54 Å². The van der Waals surface area contributed by atoms with Crippen LogP contribution in [0.15, 0.2) is 22.6 Å². The van der Waals surface area contributed by atoms with Crippen molar-refractivity contribution in [3.05, 3.63) is 23.8 Å². The third-order valence-corrected chi connectivity index (χ3v) is 3.47. The van der Waals surface area contributed by atoms with Crippen molar-refractivity contribution in [2.75, 3.05) is 11.4 Å². The molecule has 0 saturated carbocycles. The quantitative estimate of drug-likeness (QED) is 0.864. The van der Waals surface area contributed by atoms with E-state index in [0.29, 0.717) is 18.5 Å². The number of primary amides is 1. The van der Waals surface area contributed by atoms with Crippen LogP contribution in [0.4, 0.5) is 6.01 Å². The van der Waals surface area contributed by atoms with Crippen LogP contribution in [0.25, 0.3) is 11.1 Å². The highest BCUT2D eigenvalue weighted by atomic mass is 16.4. The standard InChI is InChI=1S/C13H13N3O4/c14-11(17)8-4-2-6-16(8)13-15-10-7(12(18)19)3-1-5-9(10)20-13/h1,3,5,8H,2,4,6H2,(H2,14,17)(H,18,19). The fraction of sp³-hybridized carbons (Fsp3) is 0.308. The number of nitrogens with two attached hydrogens (primary N) is 1. The molecule has 1 aliphatic rings. The monoisotopic (exact) mass is 275 g/mol. The topological polar surface area (TPSA) is 110 Å². The lowest BCUT2D eigenvalue weighted by atomic mass is 10.2. The zero-order chi connectivity index (χ0) is 14.3. The molecule has 3 rings (SSSR count). The van der Waals surface area contributed by atoms with E-state index in [-0.39, 0.29) is 17.1 Å². The van der Waals surface area contributed by atoms with Crippen molar-refractivity contribution < 1.29 is 19.1 Å². The van der Waals surface area contributed by atoms with E-state index in [2.05, 4.69) is 4.98 Å². The first kappa shape index (κ1) is 12.5. The van der Waals surface area contributed by atoms with Gasteiger partial charge >= 0.3 is 5.97 Å². The number of hydrogen-bond acceptors (Lipinski definition) is 5. The van der Waals surface area contributed by atoms with Gasteiger partial charge in [-0.15, -0.1) is 0 Å². The molecule has 1 aliphatic heterocycles. The summed E-state index contributed by atoms with van der Waals surface area (Å²) in [5.41, 5.74) is 6.10. The van der Waals surface area contributed by atoms with E-state index < -0.39 is 17.9 Å². The Hall–Kier alpha value is -2.57. The molecule has 0 radical (unpaired) electrons. The number of fused-ring (bicyclic) bond motifs is 1. The van der Waals surface area contributed by atoms with Crippen molar-refractivity contribution in [2.45, 2.75) is 18.9 Å². The largest absolute Gasteiger partial charge is 0.478 e. The molecule has 1 fully saturated rings. The number of aromatic nitrogens is 1. The Morgan fingerprint density at radius 1 is 1.45 bits per heavy atom. The van der Waals surface area contributed by atoms with Crippen molar-refractivity contribution in [3.63, 3.8) is 0 Å². The van der Waals surface area contributed by atoms with Crippen molar-refractivity contribution in [1.82, 2.24) is 4.98 Å². The fourth-order valence-electron chi connectivity index (χ4n) is 2.52. The molecule has 104 valence electrons. The van der Waals surface area contributed by atoms with Gasteiger partial charge in [0.15, 0.2) is 5.58 Å². The number of carboxylic acids is 1. The number of aromatic carboxylic acids is 1. The highest BCUT2D eigenvalue weighted by molar-refractivity contribution is 6.00. The van der Waals surface area contributed by atoms with Crippen molar-refractivity contribution >= 4 is 29.0 Å². The molecule has 1 atom stereocenters. The lowest BCUT2D eigenvalue weighted by Gasteiger charge is -2.19. The molecule has 3 N–H and O–H groups in total. The molecule has 0 bridgehead atoms. The van der Waals surface area contributed by atoms with Crippen LogP contribution >= 0.6 is 0 Å². The van der Waals surface area contributed by atoms with E-state index in [0.717, 1.165) is 6.42 Å². The number of carboxylic acid groups (broad SMARTS) is 1. The van der Waals surface area contributed by atoms with Crippen molar-refractivity contribution in [3.8, 4) is 0 Å². The van der Waals surface area contributed by atoms with Gasteiger partial charge in [0.25, 0.3) is 6.01 Å². The third kappa shape index (κ3) is 1.87. The van der Waals surface area contributed by atoms with Crippen LogP contribution in [0.5, 0.6) is 0 Å². The number of hydrogen-bond donors (Lipinski definition) is 2. The van der Waals surface area contributed by atoms with Crippen LogP contribution < -0.4 is 10.6 Å². The maximum atomic E-state index is 11.4. The van der Waals surface area contributed by atoms with E-state index in [1.807, 2.05) is 0 Å². The number of benzene rings is 1. The zero-order valence-corrected chi connectivity index (χ0v) is 10.6. The number of nitrogens with zero attached hydrogens (tertiary/aromatic N) is 2. The number of oxazole rings is 1. The van der Waals surface area contributed by atoms with E-state index in [1.165, 1.54) is 6.07 Å². The van der Waals surface area contributed by atoms with Crippen molar-refractivity contribution in [2.24, 2.45) is 5.73 Å². The molecule has 1 amide bonds. The Kier molecular flexibility index (Phi) is 2.81. The lowest BCUT2D eigenvalue weighted by Crippen LogP contribution is -2.40. The van der Waals surface area contributed by atoms with Crippen LogP contribution in [0, 0.1) is 0 Å². The van der Waals surface area contributed by atoms with Gasteiger partial charge in [-0.05, 0) is 25.0 Å². The summed E-state index contributed by atoms with van der Waals surface area (Å²) in [5, 5.41) is 9.13. The predicted octanol–water partition coefficient (Wildman–Crippen LogP) is 0.980. The van der Waals surface area contributed by atoms with Gasteiger partial charge in [-0.3, -0.25) is 4.79 Å². The Balaban J connectivity index is 2.07. The molecule has 20 heavy (non-hydrogen) atoms. The summed E-state index contributed by atoms with van der Waals surface area (Å²) in [6.45, 7) is 0.614. The SMILES string of the molecule is NC(=O)C1CCCN1c1nc2c(C(=O)O)cccc2o1. The number of anilines is 1. The third-order valence-electron chi connectivity index (χ3n) is 3.47. The van der Waals surface area contributed by atoms with Crippen molar-refractivity contribution in [1.29, 1.82) is 0 Å². The summed E-state index contributed by atoms with van der Waals surface area (Å²) < 4.78 is 5.57. The average Bonchev–Trinajstić information content (AvgIpc) is 3.03. The summed E-state index contributed by atoms with van der Waals surface area (Å²) in [4.78, 5) is 28.4. The van der Waals surface area contributed by atoms with E-state index in [9.17, 15) is 9.59 Å². The number of carbonyl (C=O) groups excluding carboxylic acids is 1. The maximum absolute atomic E-state index is 11.4. The fourth-order valence-corrected chi connectivity index (χ4v) is 2.52. The number of rotatable bonds is 3. The molecule has 1 saturated heterocycles. The molecule has 1 aromatic heterocycles. The Morgan fingerprint density at radius 3 is 2.95 bits per heavy atom. The second-order valence-corrected chi connectivity index (χ2v) is 4.71. The number of para-hydroxylation sites is 1. The zero-order valence-electron chi connectivity index (χ0n) is 10.6. The minimum Gasteiger partial charge on any atom is -0.478 e. The molecule has 0 aliphatic carbocycles. The molecule has 0 spiro atoms. The Morgan fingerprint density at radius 2 is 2.25 bits per heavy atom. The summed E-state index contributed by atoms with van der Waals surface area (Å²) in [7, 11) is 0. The second-order valence-electron chi connectivity index (χ2n) is 4.71. The molecule has 2 aromatic rings. The van der Waals surface area contributed by atoms with Crippen LogP contribution in [0.1, 0.15) is 23.2 Å². The normalized spacial score (nSPS) is 18.6. The average molecular weight is 275 g/mol. The molecule has 1 unspecified atom stereocenters. The van der Waals surface area contributed by atoms with Crippen LogP contribution in [0.3, 0.4) is 0 Å². The molecular weight excluding hydrogens is 262 g/mol. The first-order valence-electron chi connectivity index (χ1n) is 6.26. The van der Waals surface area contributed by atoms with Crippen LogP contribution in [-0.2, 0) is 4.79 Å². The van der Waals surface area contributed by atoms with Gasteiger partial charge < -0.3 is 20.2 Å². The molecule has 1 aromatic carbocycles. The van der Waals surface area contributed by atoms with Gasteiger partial charge in [0.2, 0.25) is 5.91 Å². The summed E-state index contributed by atoms with van der Waals surface area (Å²) in [6, 6.07) is 4.50. The van der Waals surface area contributed by atoms with E-state index >= 15 is 0 Å². The predicted molar refractivity (Wildman–Crippen MR) is 70.5 cm³/mol. The van der Waals surface area contributed by atoms with Gasteiger partial charge in [-0.2, -0.15) is 4.98 Å². The lowest BCUT2D eigenvalue weighted by molar-refractivity contribution is -0.119.